The zero-order chi connectivity index (χ0) is 15.5. The highest BCUT2D eigenvalue weighted by atomic mass is 32.1. The van der Waals surface area contributed by atoms with Gasteiger partial charge in [0.05, 0.1) is 5.69 Å². The second-order valence-electron chi connectivity index (χ2n) is 5.41. The van der Waals surface area contributed by atoms with Crippen LogP contribution in [0.4, 0.5) is 10.8 Å². The van der Waals surface area contributed by atoms with Crippen molar-refractivity contribution in [1.82, 2.24) is 4.98 Å². The number of thiazole rings is 1. The molecule has 2 N–H and O–H groups in total. The SMILES string of the molecule is CC(=O)Nc1ccc(-c2csc(NC(=O)C3CCC3)n2)cc1. The third-order valence-corrected chi connectivity index (χ3v) is 4.47. The summed E-state index contributed by atoms with van der Waals surface area (Å²) in [5.41, 5.74) is 2.53. The molecule has 0 saturated heterocycles. The predicted octanol–water partition coefficient (Wildman–Crippen LogP) is 3.51. The van der Waals surface area contributed by atoms with Gasteiger partial charge in [-0.25, -0.2) is 4.98 Å². The maximum Gasteiger partial charge on any atom is 0.229 e. The summed E-state index contributed by atoms with van der Waals surface area (Å²) < 4.78 is 0. The lowest BCUT2D eigenvalue weighted by Crippen LogP contribution is -2.27. The summed E-state index contributed by atoms with van der Waals surface area (Å²) in [5.74, 6) is 0.139. The number of anilines is 2. The van der Waals surface area contributed by atoms with Gasteiger partial charge in [-0.3, -0.25) is 9.59 Å². The van der Waals surface area contributed by atoms with E-state index in [4.69, 9.17) is 0 Å². The van der Waals surface area contributed by atoms with E-state index in [1.807, 2.05) is 29.6 Å². The first-order valence-electron chi connectivity index (χ1n) is 7.26. The van der Waals surface area contributed by atoms with Crippen molar-refractivity contribution < 1.29 is 9.59 Å². The van der Waals surface area contributed by atoms with E-state index >= 15 is 0 Å². The van der Waals surface area contributed by atoms with Crippen molar-refractivity contribution in [2.45, 2.75) is 26.2 Å². The average molecular weight is 315 g/mol. The fraction of sp³-hybridized carbons (Fsp3) is 0.312. The summed E-state index contributed by atoms with van der Waals surface area (Å²) in [4.78, 5) is 27.4. The summed E-state index contributed by atoms with van der Waals surface area (Å²) in [5, 5.41) is 8.17. The van der Waals surface area contributed by atoms with Crippen molar-refractivity contribution in [1.29, 1.82) is 0 Å². The van der Waals surface area contributed by atoms with E-state index in [2.05, 4.69) is 15.6 Å². The number of aromatic nitrogens is 1. The lowest BCUT2D eigenvalue weighted by Gasteiger charge is -2.23. The van der Waals surface area contributed by atoms with E-state index in [9.17, 15) is 9.59 Å². The molecule has 0 spiro atoms. The Morgan fingerprint density at radius 1 is 1.18 bits per heavy atom. The van der Waals surface area contributed by atoms with Crippen molar-refractivity contribution in [3.8, 4) is 11.3 Å². The molecule has 3 rings (SSSR count). The first-order valence-corrected chi connectivity index (χ1v) is 8.14. The molecule has 1 aromatic heterocycles. The molecule has 2 aromatic rings. The van der Waals surface area contributed by atoms with Gasteiger partial charge < -0.3 is 10.6 Å². The second kappa shape index (κ2) is 6.27. The van der Waals surface area contributed by atoms with Crippen LogP contribution >= 0.6 is 11.3 Å². The minimum absolute atomic E-state index is 0.0770. The van der Waals surface area contributed by atoms with Gasteiger partial charge in [-0.2, -0.15) is 0 Å². The summed E-state index contributed by atoms with van der Waals surface area (Å²) in [6, 6.07) is 7.47. The summed E-state index contributed by atoms with van der Waals surface area (Å²) in [7, 11) is 0. The number of hydrogen-bond donors (Lipinski definition) is 2. The molecule has 6 heteroatoms. The van der Waals surface area contributed by atoms with E-state index in [1.54, 1.807) is 0 Å². The van der Waals surface area contributed by atoms with Gasteiger partial charge in [0.2, 0.25) is 11.8 Å². The molecular formula is C16H17N3O2S. The Morgan fingerprint density at radius 3 is 2.50 bits per heavy atom. The first-order chi connectivity index (χ1) is 10.6. The second-order valence-corrected chi connectivity index (χ2v) is 6.27. The molecule has 0 radical (unpaired) electrons. The Bertz CT molecular complexity index is 690. The highest BCUT2D eigenvalue weighted by Crippen LogP contribution is 2.30. The van der Waals surface area contributed by atoms with Gasteiger partial charge in [-0.1, -0.05) is 18.6 Å². The van der Waals surface area contributed by atoms with Crippen molar-refractivity contribution in [2.24, 2.45) is 5.92 Å². The Morgan fingerprint density at radius 2 is 1.91 bits per heavy atom. The maximum atomic E-state index is 11.9. The predicted molar refractivity (Wildman–Crippen MR) is 87.8 cm³/mol. The quantitative estimate of drug-likeness (QED) is 0.907. The van der Waals surface area contributed by atoms with Crippen LogP contribution in [-0.4, -0.2) is 16.8 Å². The zero-order valence-corrected chi connectivity index (χ0v) is 13.1. The number of nitrogens with zero attached hydrogens (tertiary/aromatic N) is 1. The number of carbonyl (C=O) groups is 2. The van der Waals surface area contributed by atoms with Crippen LogP contribution in [0.25, 0.3) is 11.3 Å². The highest BCUT2D eigenvalue weighted by molar-refractivity contribution is 7.14. The molecule has 0 bridgehead atoms. The van der Waals surface area contributed by atoms with Gasteiger partial charge in [0.1, 0.15) is 0 Å². The van der Waals surface area contributed by atoms with Crippen LogP contribution in [0.2, 0.25) is 0 Å². The lowest BCUT2D eigenvalue weighted by molar-refractivity contribution is -0.122. The molecule has 1 aliphatic rings. The molecule has 1 aliphatic carbocycles. The number of hydrogen-bond acceptors (Lipinski definition) is 4. The van der Waals surface area contributed by atoms with E-state index in [-0.39, 0.29) is 17.7 Å². The highest BCUT2D eigenvalue weighted by Gasteiger charge is 2.25. The van der Waals surface area contributed by atoms with Crippen LogP contribution in [-0.2, 0) is 9.59 Å². The van der Waals surface area contributed by atoms with Crippen LogP contribution in [0, 0.1) is 5.92 Å². The Balaban J connectivity index is 1.67. The minimum Gasteiger partial charge on any atom is -0.326 e. The molecule has 0 unspecified atom stereocenters. The molecule has 1 fully saturated rings. The average Bonchev–Trinajstić information content (AvgIpc) is 2.85. The third kappa shape index (κ3) is 3.33. The summed E-state index contributed by atoms with van der Waals surface area (Å²) >= 11 is 1.43. The molecule has 22 heavy (non-hydrogen) atoms. The molecule has 1 heterocycles. The van der Waals surface area contributed by atoms with Crippen molar-refractivity contribution in [3.05, 3.63) is 29.6 Å². The third-order valence-electron chi connectivity index (χ3n) is 3.71. The molecule has 1 saturated carbocycles. The van der Waals surface area contributed by atoms with Crippen LogP contribution in [0.15, 0.2) is 29.6 Å². The van der Waals surface area contributed by atoms with Crippen LogP contribution in [0.3, 0.4) is 0 Å². The van der Waals surface area contributed by atoms with Crippen molar-refractivity contribution in [2.75, 3.05) is 10.6 Å². The van der Waals surface area contributed by atoms with Gasteiger partial charge in [-0.15, -0.1) is 11.3 Å². The molecule has 2 amide bonds. The fourth-order valence-electron chi connectivity index (χ4n) is 2.27. The fourth-order valence-corrected chi connectivity index (χ4v) is 2.99. The van der Waals surface area contributed by atoms with E-state index in [0.29, 0.717) is 5.13 Å². The number of nitrogens with one attached hydrogen (secondary N) is 2. The van der Waals surface area contributed by atoms with E-state index in [1.165, 1.54) is 18.3 Å². The molecule has 1 aromatic carbocycles. The van der Waals surface area contributed by atoms with Crippen LogP contribution in [0.5, 0.6) is 0 Å². The number of carbonyl (C=O) groups excluding carboxylic acids is 2. The largest absolute Gasteiger partial charge is 0.326 e. The summed E-state index contributed by atoms with van der Waals surface area (Å²) in [6.07, 6.45) is 3.10. The van der Waals surface area contributed by atoms with Gasteiger partial charge in [0.25, 0.3) is 0 Å². The van der Waals surface area contributed by atoms with Gasteiger partial charge >= 0.3 is 0 Å². The minimum atomic E-state index is -0.0950. The molecular weight excluding hydrogens is 298 g/mol. The molecule has 0 aliphatic heterocycles. The normalized spacial score (nSPS) is 14.2. The molecule has 114 valence electrons. The Hall–Kier alpha value is -2.21. The maximum absolute atomic E-state index is 11.9. The number of benzene rings is 1. The summed E-state index contributed by atoms with van der Waals surface area (Å²) in [6.45, 7) is 1.48. The van der Waals surface area contributed by atoms with Crippen molar-refractivity contribution in [3.63, 3.8) is 0 Å². The smallest absolute Gasteiger partial charge is 0.229 e. The van der Waals surface area contributed by atoms with Gasteiger partial charge in [0, 0.05) is 29.5 Å². The van der Waals surface area contributed by atoms with E-state index in [0.717, 1.165) is 36.2 Å². The van der Waals surface area contributed by atoms with Gasteiger partial charge in [-0.05, 0) is 25.0 Å². The standard InChI is InChI=1S/C16H17N3O2S/c1-10(20)17-13-7-5-11(6-8-13)14-9-22-16(18-14)19-15(21)12-3-2-4-12/h5-9,12H,2-4H2,1H3,(H,17,20)(H,18,19,21). The first kappa shape index (κ1) is 14.7. The molecule has 5 nitrogen and oxygen atoms in total. The van der Waals surface area contributed by atoms with E-state index < -0.39 is 0 Å². The molecule has 0 atom stereocenters. The monoisotopic (exact) mass is 315 g/mol. The van der Waals surface area contributed by atoms with Crippen molar-refractivity contribution >= 4 is 34.0 Å². The number of rotatable bonds is 4. The van der Waals surface area contributed by atoms with Gasteiger partial charge in [0.15, 0.2) is 5.13 Å². The van der Waals surface area contributed by atoms with Crippen LogP contribution in [0.1, 0.15) is 26.2 Å². The Labute approximate surface area is 132 Å². The topological polar surface area (TPSA) is 71.1 Å². The lowest BCUT2D eigenvalue weighted by atomic mass is 9.85. The zero-order valence-electron chi connectivity index (χ0n) is 12.3. The number of amides is 2. The van der Waals surface area contributed by atoms with Crippen LogP contribution < -0.4 is 10.6 Å². The Kier molecular flexibility index (Phi) is 4.20.